The molecule has 72 valence electrons. The van der Waals surface area contributed by atoms with Gasteiger partial charge in [-0.1, -0.05) is 18.2 Å². The molecule has 2 N–H and O–H groups in total. The van der Waals surface area contributed by atoms with Crippen LogP contribution in [0, 0.1) is 0 Å². The molecule has 0 saturated heterocycles. The molecule has 1 aromatic carbocycles. The Balaban J connectivity index is 1.89. The second-order valence-corrected chi connectivity index (χ2v) is 3.91. The van der Waals surface area contributed by atoms with Gasteiger partial charge < -0.3 is 5.32 Å². The summed E-state index contributed by atoms with van der Waals surface area (Å²) in [6, 6.07) is 7.07. The highest BCUT2D eigenvalue weighted by Crippen LogP contribution is 2.21. The van der Waals surface area contributed by atoms with Crippen molar-refractivity contribution >= 4 is 10.9 Å². The zero-order chi connectivity index (χ0) is 9.38. The van der Waals surface area contributed by atoms with E-state index >= 15 is 0 Å². The number of H-pyrrole nitrogens is 1. The molecule has 1 aliphatic carbocycles. The smallest absolute Gasteiger partial charge is 0.0695 e. The topological polar surface area (TPSA) is 40.7 Å². The first-order valence-electron chi connectivity index (χ1n) is 5.08. The van der Waals surface area contributed by atoms with Crippen LogP contribution in [0.25, 0.3) is 10.9 Å². The van der Waals surface area contributed by atoms with Crippen molar-refractivity contribution in [3.63, 3.8) is 0 Å². The second-order valence-electron chi connectivity index (χ2n) is 3.91. The van der Waals surface area contributed by atoms with E-state index in [1.165, 1.54) is 29.3 Å². The summed E-state index contributed by atoms with van der Waals surface area (Å²) in [6.45, 7) is 0.949. The molecule has 1 heterocycles. The van der Waals surface area contributed by atoms with E-state index in [1.807, 2.05) is 6.20 Å². The van der Waals surface area contributed by atoms with Crippen molar-refractivity contribution in [3.05, 3.63) is 30.0 Å². The van der Waals surface area contributed by atoms with E-state index in [1.54, 1.807) is 0 Å². The number of aromatic nitrogens is 2. The highest BCUT2D eigenvalue weighted by atomic mass is 15.1. The maximum absolute atomic E-state index is 4.05. The van der Waals surface area contributed by atoms with Crippen LogP contribution in [0.15, 0.2) is 24.4 Å². The Bertz CT molecular complexity index is 442. The number of hydrogen-bond donors (Lipinski definition) is 2. The predicted molar refractivity (Wildman–Crippen MR) is 56.0 cm³/mol. The molecule has 1 fully saturated rings. The molecule has 1 saturated carbocycles. The lowest BCUT2D eigenvalue weighted by atomic mass is 10.1. The van der Waals surface area contributed by atoms with Gasteiger partial charge in [-0.15, -0.1) is 0 Å². The Kier molecular flexibility index (Phi) is 1.77. The number of nitrogens with one attached hydrogen (secondary N) is 2. The van der Waals surface area contributed by atoms with Gasteiger partial charge in [-0.25, -0.2) is 0 Å². The van der Waals surface area contributed by atoms with Crippen molar-refractivity contribution in [3.8, 4) is 0 Å². The Morgan fingerprint density at radius 1 is 1.43 bits per heavy atom. The third kappa shape index (κ3) is 1.40. The Morgan fingerprint density at radius 2 is 2.36 bits per heavy atom. The van der Waals surface area contributed by atoms with Crippen molar-refractivity contribution in [2.24, 2.45) is 0 Å². The van der Waals surface area contributed by atoms with E-state index in [-0.39, 0.29) is 0 Å². The first kappa shape index (κ1) is 8.00. The molecule has 0 radical (unpaired) electrons. The molecule has 0 bridgehead atoms. The Morgan fingerprint density at radius 3 is 3.21 bits per heavy atom. The van der Waals surface area contributed by atoms with Gasteiger partial charge in [0, 0.05) is 18.0 Å². The molecule has 3 heteroatoms. The normalized spacial score (nSPS) is 16.3. The number of aromatic amines is 1. The van der Waals surface area contributed by atoms with Crippen LogP contribution in [-0.2, 0) is 6.54 Å². The van der Waals surface area contributed by atoms with E-state index in [4.69, 9.17) is 0 Å². The number of rotatable bonds is 3. The van der Waals surface area contributed by atoms with E-state index in [2.05, 4.69) is 33.7 Å². The van der Waals surface area contributed by atoms with Crippen LogP contribution in [0.4, 0.5) is 0 Å². The largest absolute Gasteiger partial charge is 0.310 e. The molecule has 3 rings (SSSR count). The number of para-hydroxylation sites is 1. The van der Waals surface area contributed by atoms with Crippen molar-refractivity contribution in [2.75, 3.05) is 0 Å². The Hall–Kier alpha value is -1.35. The molecule has 14 heavy (non-hydrogen) atoms. The van der Waals surface area contributed by atoms with Crippen LogP contribution >= 0.6 is 0 Å². The summed E-state index contributed by atoms with van der Waals surface area (Å²) in [4.78, 5) is 0. The monoisotopic (exact) mass is 187 g/mol. The summed E-state index contributed by atoms with van der Waals surface area (Å²) in [7, 11) is 0. The summed E-state index contributed by atoms with van der Waals surface area (Å²) in [5, 5.41) is 11.8. The van der Waals surface area contributed by atoms with Crippen molar-refractivity contribution in [2.45, 2.75) is 25.4 Å². The number of benzene rings is 1. The van der Waals surface area contributed by atoms with Crippen LogP contribution in [0.5, 0.6) is 0 Å². The van der Waals surface area contributed by atoms with Gasteiger partial charge >= 0.3 is 0 Å². The fourth-order valence-corrected chi connectivity index (χ4v) is 1.72. The first-order chi connectivity index (χ1) is 6.93. The summed E-state index contributed by atoms with van der Waals surface area (Å²) in [5.41, 5.74) is 2.48. The maximum Gasteiger partial charge on any atom is 0.0695 e. The number of nitrogens with zero attached hydrogens (tertiary/aromatic N) is 1. The molecule has 0 aliphatic heterocycles. The molecule has 0 unspecified atom stereocenters. The quantitative estimate of drug-likeness (QED) is 0.769. The van der Waals surface area contributed by atoms with Crippen molar-refractivity contribution < 1.29 is 0 Å². The van der Waals surface area contributed by atoms with E-state index < -0.39 is 0 Å². The summed E-state index contributed by atoms with van der Waals surface area (Å²) in [6.07, 6.45) is 4.54. The van der Waals surface area contributed by atoms with Gasteiger partial charge in [-0.3, -0.25) is 5.10 Å². The van der Waals surface area contributed by atoms with Gasteiger partial charge in [0.25, 0.3) is 0 Å². The molecule has 3 nitrogen and oxygen atoms in total. The molecule has 2 aromatic rings. The average molecular weight is 187 g/mol. The van der Waals surface area contributed by atoms with Gasteiger partial charge in [-0.05, 0) is 18.4 Å². The van der Waals surface area contributed by atoms with Crippen LogP contribution in [-0.4, -0.2) is 16.2 Å². The van der Waals surface area contributed by atoms with Gasteiger partial charge in [0.05, 0.1) is 11.7 Å². The van der Waals surface area contributed by atoms with Crippen LogP contribution in [0.1, 0.15) is 18.4 Å². The minimum absolute atomic E-state index is 0.758. The SMILES string of the molecule is c1cc(CNC2CC2)c2[nH]ncc2c1. The molecular weight excluding hydrogens is 174 g/mol. The summed E-state index contributed by atoms with van der Waals surface area (Å²) >= 11 is 0. The zero-order valence-corrected chi connectivity index (χ0v) is 7.96. The van der Waals surface area contributed by atoms with Crippen molar-refractivity contribution in [1.82, 2.24) is 15.5 Å². The minimum Gasteiger partial charge on any atom is -0.310 e. The third-order valence-corrected chi connectivity index (χ3v) is 2.72. The first-order valence-corrected chi connectivity index (χ1v) is 5.08. The van der Waals surface area contributed by atoms with E-state index in [9.17, 15) is 0 Å². The fourth-order valence-electron chi connectivity index (χ4n) is 1.72. The summed E-state index contributed by atoms with van der Waals surface area (Å²) in [5.74, 6) is 0. The van der Waals surface area contributed by atoms with E-state index in [0.717, 1.165) is 12.6 Å². The molecule has 0 atom stereocenters. The Labute approximate surface area is 82.5 Å². The number of hydrogen-bond acceptors (Lipinski definition) is 2. The minimum atomic E-state index is 0.758. The maximum atomic E-state index is 4.05. The van der Waals surface area contributed by atoms with Gasteiger partial charge in [0.1, 0.15) is 0 Å². The lowest BCUT2D eigenvalue weighted by Gasteiger charge is -2.03. The lowest BCUT2D eigenvalue weighted by molar-refractivity contribution is 0.690. The van der Waals surface area contributed by atoms with Crippen LogP contribution in [0.3, 0.4) is 0 Å². The van der Waals surface area contributed by atoms with Gasteiger partial charge in [0.2, 0.25) is 0 Å². The predicted octanol–water partition coefficient (Wildman–Crippen LogP) is 1.81. The fraction of sp³-hybridized carbons (Fsp3) is 0.364. The highest BCUT2D eigenvalue weighted by molar-refractivity contribution is 5.81. The third-order valence-electron chi connectivity index (χ3n) is 2.72. The van der Waals surface area contributed by atoms with Gasteiger partial charge in [-0.2, -0.15) is 5.10 Å². The van der Waals surface area contributed by atoms with Crippen LogP contribution < -0.4 is 5.32 Å². The molecule has 0 spiro atoms. The highest BCUT2D eigenvalue weighted by Gasteiger charge is 2.20. The van der Waals surface area contributed by atoms with Crippen molar-refractivity contribution in [1.29, 1.82) is 0 Å². The second kappa shape index (κ2) is 3.10. The average Bonchev–Trinajstić information content (AvgIpc) is 2.91. The van der Waals surface area contributed by atoms with Crippen LogP contribution in [0.2, 0.25) is 0 Å². The standard InChI is InChI=1S/C11H13N3/c1-2-8(6-12-10-4-5-10)11-9(3-1)7-13-14-11/h1-3,7,10,12H,4-6H2,(H,13,14). The molecule has 1 aliphatic rings. The number of fused-ring (bicyclic) bond motifs is 1. The lowest BCUT2D eigenvalue weighted by Crippen LogP contribution is -2.15. The van der Waals surface area contributed by atoms with Gasteiger partial charge in [0.15, 0.2) is 0 Å². The molecule has 1 aromatic heterocycles. The molecular formula is C11H13N3. The molecule has 0 amide bonds. The van der Waals surface area contributed by atoms with E-state index in [0.29, 0.717) is 0 Å². The summed E-state index contributed by atoms with van der Waals surface area (Å²) < 4.78 is 0. The zero-order valence-electron chi connectivity index (χ0n) is 7.96.